The maximum atomic E-state index is 13.9. The quantitative estimate of drug-likeness (QED) is 0.351. The Kier molecular flexibility index (Phi) is 5.18. The number of fused-ring (bicyclic) bond motifs is 2. The van der Waals surface area contributed by atoms with E-state index in [9.17, 15) is 4.39 Å². The van der Waals surface area contributed by atoms with Gasteiger partial charge in [-0.3, -0.25) is 0 Å². The van der Waals surface area contributed by atoms with Gasteiger partial charge in [-0.2, -0.15) is 0 Å². The molecule has 0 fully saturated rings. The third-order valence-electron chi connectivity index (χ3n) is 5.11. The van der Waals surface area contributed by atoms with Crippen LogP contribution in [0.4, 0.5) is 10.2 Å². The minimum Gasteiger partial charge on any atom is -0.368 e. The fraction of sp³-hybridized carbons (Fsp3) is 0.130. The summed E-state index contributed by atoms with van der Waals surface area (Å²) in [7, 11) is 0. The topological polar surface area (TPSA) is 79.4 Å². The van der Waals surface area contributed by atoms with E-state index in [4.69, 9.17) is 16.6 Å². The average molecular weight is 433 g/mol. The highest BCUT2D eigenvalue weighted by Crippen LogP contribution is 2.30. The van der Waals surface area contributed by atoms with Gasteiger partial charge in [0, 0.05) is 17.5 Å². The molecular weight excluding hydrogens is 415 g/mol. The van der Waals surface area contributed by atoms with Gasteiger partial charge in [0.05, 0.1) is 22.6 Å². The van der Waals surface area contributed by atoms with Crippen LogP contribution in [0.1, 0.15) is 12.0 Å². The highest BCUT2D eigenvalue weighted by Gasteiger charge is 2.12. The molecule has 0 saturated carbocycles. The molecule has 8 heteroatoms. The van der Waals surface area contributed by atoms with Crippen molar-refractivity contribution < 1.29 is 4.39 Å². The number of aryl methyl sites for hydroxylation is 1. The number of aromatic amines is 1. The molecule has 0 radical (unpaired) electrons. The van der Waals surface area contributed by atoms with Crippen LogP contribution in [0.5, 0.6) is 0 Å². The normalized spacial score (nSPS) is 11.3. The van der Waals surface area contributed by atoms with E-state index in [-0.39, 0.29) is 5.82 Å². The molecule has 0 aliphatic carbocycles. The number of rotatable bonds is 6. The number of pyridine rings is 1. The summed E-state index contributed by atoms with van der Waals surface area (Å²) in [6.07, 6.45) is 4.68. The molecule has 0 amide bonds. The minimum atomic E-state index is -0.294. The number of aromatic nitrogens is 5. The van der Waals surface area contributed by atoms with Gasteiger partial charge < -0.3 is 10.3 Å². The number of benzene rings is 2. The second-order valence-corrected chi connectivity index (χ2v) is 7.58. The summed E-state index contributed by atoms with van der Waals surface area (Å²) in [5, 5.41) is 4.86. The molecule has 3 aromatic heterocycles. The first-order chi connectivity index (χ1) is 15.2. The molecule has 5 rings (SSSR count). The molecule has 3 heterocycles. The number of hydrogen-bond donors (Lipinski definition) is 2. The van der Waals surface area contributed by atoms with Gasteiger partial charge in [-0.05, 0) is 42.7 Å². The lowest BCUT2D eigenvalue weighted by Crippen LogP contribution is -2.06. The maximum Gasteiger partial charge on any atom is 0.162 e. The smallest absolute Gasteiger partial charge is 0.162 e. The van der Waals surface area contributed by atoms with Crippen LogP contribution in [0, 0.1) is 5.82 Å². The molecule has 154 valence electrons. The number of hydrogen-bond acceptors (Lipinski definition) is 5. The lowest BCUT2D eigenvalue weighted by molar-refractivity contribution is 0.628. The Bertz CT molecular complexity index is 1380. The Morgan fingerprint density at radius 3 is 2.81 bits per heavy atom. The first-order valence-electron chi connectivity index (χ1n) is 9.91. The molecular formula is C23H18ClFN6. The molecule has 0 bridgehead atoms. The zero-order chi connectivity index (χ0) is 21.2. The van der Waals surface area contributed by atoms with E-state index >= 15 is 0 Å². The Morgan fingerprint density at radius 2 is 1.90 bits per heavy atom. The summed E-state index contributed by atoms with van der Waals surface area (Å²) in [4.78, 5) is 20.5. The highest BCUT2D eigenvalue weighted by molar-refractivity contribution is 6.35. The van der Waals surface area contributed by atoms with Crippen molar-refractivity contribution in [2.24, 2.45) is 0 Å². The summed E-state index contributed by atoms with van der Waals surface area (Å²) in [6, 6.07) is 14.3. The lowest BCUT2D eigenvalue weighted by Gasteiger charge is -2.13. The molecule has 31 heavy (non-hydrogen) atoms. The van der Waals surface area contributed by atoms with Gasteiger partial charge in [-0.1, -0.05) is 35.9 Å². The SMILES string of the molecule is Fc1cccc(-c2nc3c(Cl)cccc3cc2CCCNc2ncnc3[nH]cnc23)c1. The van der Waals surface area contributed by atoms with Gasteiger partial charge in [-0.25, -0.2) is 24.3 Å². The number of nitrogens with one attached hydrogen (secondary N) is 2. The maximum absolute atomic E-state index is 13.9. The number of anilines is 1. The molecule has 2 aromatic carbocycles. The molecule has 0 spiro atoms. The van der Waals surface area contributed by atoms with Crippen molar-refractivity contribution in [2.75, 3.05) is 11.9 Å². The van der Waals surface area contributed by atoms with E-state index in [0.29, 0.717) is 34.1 Å². The van der Waals surface area contributed by atoms with Crippen LogP contribution >= 0.6 is 11.6 Å². The van der Waals surface area contributed by atoms with Crippen LogP contribution in [0.15, 0.2) is 61.2 Å². The van der Waals surface area contributed by atoms with E-state index in [1.807, 2.05) is 24.3 Å². The summed E-state index contributed by atoms with van der Waals surface area (Å²) >= 11 is 6.37. The van der Waals surface area contributed by atoms with Crippen molar-refractivity contribution in [3.8, 4) is 11.3 Å². The van der Waals surface area contributed by atoms with Gasteiger partial charge >= 0.3 is 0 Å². The predicted octanol–water partition coefficient (Wildman–Crippen LogP) is 5.41. The molecule has 0 atom stereocenters. The van der Waals surface area contributed by atoms with Crippen LogP contribution in [0.2, 0.25) is 5.02 Å². The Hall–Kier alpha value is -3.58. The van der Waals surface area contributed by atoms with Gasteiger partial charge in [0.15, 0.2) is 11.5 Å². The van der Waals surface area contributed by atoms with Gasteiger partial charge in [0.1, 0.15) is 17.7 Å². The molecule has 0 aliphatic heterocycles. The van der Waals surface area contributed by atoms with E-state index in [0.717, 1.165) is 35.0 Å². The number of para-hydroxylation sites is 1. The molecule has 6 nitrogen and oxygen atoms in total. The summed E-state index contributed by atoms with van der Waals surface area (Å²) in [6.45, 7) is 0.690. The van der Waals surface area contributed by atoms with E-state index in [1.165, 1.54) is 18.5 Å². The third-order valence-corrected chi connectivity index (χ3v) is 5.41. The third kappa shape index (κ3) is 3.92. The average Bonchev–Trinajstić information content (AvgIpc) is 3.26. The van der Waals surface area contributed by atoms with Gasteiger partial charge in [-0.15, -0.1) is 0 Å². The van der Waals surface area contributed by atoms with Crippen LogP contribution < -0.4 is 5.32 Å². The van der Waals surface area contributed by atoms with Crippen LogP contribution in [-0.2, 0) is 6.42 Å². The standard InChI is InChI=1S/C23H18ClFN6/c24-18-8-2-5-15-10-14(19(31-20(15)18)16-4-1-7-17(25)11-16)6-3-9-26-22-21-23(28-12-27-21)30-13-29-22/h1-2,4-5,7-8,10-13H,3,6,9H2,(H2,26,27,28,29,30). The summed E-state index contributed by atoms with van der Waals surface area (Å²) < 4.78 is 13.9. The number of imidazole rings is 1. The van der Waals surface area contributed by atoms with Crippen molar-refractivity contribution in [3.63, 3.8) is 0 Å². The van der Waals surface area contributed by atoms with Crippen molar-refractivity contribution in [1.82, 2.24) is 24.9 Å². The first-order valence-corrected chi connectivity index (χ1v) is 10.3. The van der Waals surface area contributed by atoms with Crippen LogP contribution in [-0.4, -0.2) is 31.5 Å². The van der Waals surface area contributed by atoms with Crippen molar-refractivity contribution in [1.29, 1.82) is 0 Å². The van der Waals surface area contributed by atoms with Crippen molar-refractivity contribution in [2.45, 2.75) is 12.8 Å². The zero-order valence-corrected chi connectivity index (χ0v) is 17.2. The zero-order valence-electron chi connectivity index (χ0n) is 16.4. The van der Waals surface area contributed by atoms with Crippen LogP contribution in [0.3, 0.4) is 0 Å². The molecule has 0 unspecified atom stereocenters. The van der Waals surface area contributed by atoms with Crippen LogP contribution in [0.25, 0.3) is 33.3 Å². The predicted molar refractivity (Wildman–Crippen MR) is 121 cm³/mol. The fourth-order valence-electron chi connectivity index (χ4n) is 3.66. The molecule has 0 saturated heterocycles. The number of H-pyrrole nitrogens is 1. The summed E-state index contributed by atoms with van der Waals surface area (Å²) in [5.41, 5.74) is 4.64. The van der Waals surface area contributed by atoms with Crippen molar-refractivity contribution >= 4 is 39.5 Å². The Balaban J connectivity index is 1.41. The lowest BCUT2D eigenvalue weighted by atomic mass is 9.99. The Morgan fingerprint density at radius 1 is 1.00 bits per heavy atom. The number of nitrogens with zero attached hydrogens (tertiary/aromatic N) is 4. The monoisotopic (exact) mass is 432 g/mol. The van der Waals surface area contributed by atoms with Gasteiger partial charge in [0.2, 0.25) is 0 Å². The molecule has 2 N–H and O–H groups in total. The first kappa shape index (κ1) is 19.4. The largest absolute Gasteiger partial charge is 0.368 e. The number of halogens is 2. The highest BCUT2D eigenvalue weighted by atomic mass is 35.5. The van der Waals surface area contributed by atoms with Crippen molar-refractivity contribution in [3.05, 3.63) is 77.6 Å². The van der Waals surface area contributed by atoms with E-state index in [1.54, 1.807) is 12.4 Å². The molecule has 5 aromatic rings. The second-order valence-electron chi connectivity index (χ2n) is 7.17. The second kappa shape index (κ2) is 8.28. The summed E-state index contributed by atoms with van der Waals surface area (Å²) in [5.74, 6) is 0.401. The van der Waals surface area contributed by atoms with E-state index in [2.05, 4.69) is 31.3 Å². The Labute approximate surface area is 182 Å². The van der Waals surface area contributed by atoms with Gasteiger partial charge in [0.25, 0.3) is 0 Å². The fourth-order valence-corrected chi connectivity index (χ4v) is 3.89. The minimum absolute atomic E-state index is 0.294. The van der Waals surface area contributed by atoms with E-state index < -0.39 is 0 Å². The molecule has 0 aliphatic rings.